The van der Waals surface area contributed by atoms with Crippen molar-refractivity contribution in [1.29, 1.82) is 0 Å². The van der Waals surface area contributed by atoms with Crippen LogP contribution in [0.2, 0.25) is 0 Å². The summed E-state index contributed by atoms with van der Waals surface area (Å²) in [7, 11) is 0. The average Bonchev–Trinajstić information content (AvgIpc) is 2.99. The number of rotatable bonds is 5. The molecular weight excluding hydrogens is 351 g/mol. The summed E-state index contributed by atoms with van der Waals surface area (Å²) in [6.45, 7) is 2.96. The summed E-state index contributed by atoms with van der Waals surface area (Å²) in [4.78, 5) is 13.0. The van der Waals surface area contributed by atoms with E-state index in [0.717, 1.165) is 22.2 Å². The number of hydrogen-bond donors (Lipinski definition) is 1. The quantitative estimate of drug-likeness (QED) is 0.522. The second kappa shape index (κ2) is 7.69. The van der Waals surface area contributed by atoms with Crippen molar-refractivity contribution in [2.24, 2.45) is 0 Å². The van der Waals surface area contributed by atoms with Gasteiger partial charge in [0.2, 0.25) is 0 Å². The van der Waals surface area contributed by atoms with Gasteiger partial charge in [-0.3, -0.25) is 4.79 Å². The highest BCUT2D eigenvalue weighted by molar-refractivity contribution is 6.08. The van der Waals surface area contributed by atoms with Crippen LogP contribution in [0.5, 0.6) is 0 Å². The van der Waals surface area contributed by atoms with Gasteiger partial charge in [0.1, 0.15) is 5.82 Å². The molecule has 1 aromatic heterocycles. The van der Waals surface area contributed by atoms with Gasteiger partial charge in [0.05, 0.1) is 5.56 Å². The van der Waals surface area contributed by atoms with Crippen LogP contribution in [0.1, 0.15) is 27.2 Å². The molecule has 4 rings (SSSR count). The lowest BCUT2D eigenvalue weighted by molar-refractivity contribution is 0.0951. The van der Waals surface area contributed by atoms with Crippen LogP contribution in [0.25, 0.3) is 10.9 Å². The van der Waals surface area contributed by atoms with Crippen molar-refractivity contribution in [3.63, 3.8) is 0 Å². The number of fused-ring (bicyclic) bond motifs is 1. The van der Waals surface area contributed by atoms with Gasteiger partial charge in [-0.15, -0.1) is 0 Å². The SMILES string of the molecule is Cc1c(C(=O)NCc2cccc(F)c2)c2ccccc2n1Cc1ccccc1. The molecule has 0 radical (unpaired) electrons. The molecule has 0 atom stereocenters. The number of carbonyl (C=O) groups is 1. The minimum atomic E-state index is -0.303. The monoisotopic (exact) mass is 372 g/mol. The van der Waals surface area contributed by atoms with Crippen molar-refractivity contribution in [3.05, 3.63) is 107 Å². The maximum Gasteiger partial charge on any atom is 0.254 e. The molecule has 0 fully saturated rings. The van der Waals surface area contributed by atoms with Crippen molar-refractivity contribution < 1.29 is 9.18 Å². The van der Waals surface area contributed by atoms with Gasteiger partial charge in [0.15, 0.2) is 0 Å². The van der Waals surface area contributed by atoms with E-state index in [2.05, 4.69) is 22.0 Å². The molecule has 0 saturated heterocycles. The van der Waals surface area contributed by atoms with Crippen LogP contribution in [-0.4, -0.2) is 10.5 Å². The second-order valence-electron chi connectivity index (χ2n) is 6.86. The Labute approximate surface area is 163 Å². The first-order valence-corrected chi connectivity index (χ1v) is 9.28. The first-order valence-electron chi connectivity index (χ1n) is 9.28. The summed E-state index contributed by atoms with van der Waals surface area (Å²) in [5, 5.41) is 3.86. The zero-order valence-corrected chi connectivity index (χ0v) is 15.7. The first kappa shape index (κ1) is 18.0. The smallest absolute Gasteiger partial charge is 0.254 e. The molecule has 0 unspecified atom stereocenters. The molecule has 0 saturated carbocycles. The number of carbonyl (C=O) groups excluding carboxylic acids is 1. The van der Waals surface area contributed by atoms with Crippen LogP contribution in [0.4, 0.5) is 4.39 Å². The van der Waals surface area contributed by atoms with Crippen molar-refractivity contribution in [3.8, 4) is 0 Å². The average molecular weight is 372 g/mol. The standard InChI is InChI=1S/C24H21FN2O/c1-17-23(24(28)26-15-19-10-7-11-20(25)14-19)21-12-5-6-13-22(21)27(17)16-18-8-3-2-4-9-18/h2-14H,15-16H2,1H3,(H,26,28). The zero-order valence-electron chi connectivity index (χ0n) is 15.7. The van der Waals surface area contributed by atoms with E-state index >= 15 is 0 Å². The fourth-order valence-corrected chi connectivity index (χ4v) is 3.60. The fraction of sp³-hybridized carbons (Fsp3) is 0.125. The molecular formula is C24H21FN2O. The van der Waals surface area contributed by atoms with Crippen molar-refractivity contribution in [2.45, 2.75) is 20.0 Å². The van der Waals surface area contributed by atoms with Crippen LogP contribution in [-0.2, 0) is 13.1 Å². The van der Waals surface area contributed by atoms with E-state index in [-0.39, 0.29) is 18.3 Å². The predicted octanol–water partition coefficient (Wildman–Crippen LogP) is 5.07. The van der Waals surface area contributed by atoms with Crippen LogP contribution in [0.3, 0.4) is 0 Å². The van der Waals surface area contributed by atoms with E-state index in [0.29, 0.717) is 12.1 Å². The van der Waals surface area contributed by atoms with Crippen LogP contribution in [0, 0.1) is 12.7 Å². The third kappa shape index (κ3) is 3.54. The van der Waals surface area contributed by atoms with Gasteiger partial charge >= 0.3 is 0 Å². The van der Waals surface area contributed by atoms with Crippen LogP contribution in [0.15, 0.2) is 78.9 Å². The number of hydrogen-bond acceptors (Lipinski definition) is 1. The lowest BCUT2D eigenvalue weighted by Gasteiger charge is -2.09. The van der Waals surface area contributed by atoms with Gasteiger partial charge in [-0.2, -0.15) is 0 Å². The number of aromatic nitrogens is 1. The molecule has 3 nitrogen and oxygen atoms in total. The minimum absolute atomic E-state index is 0.148. The molecule has 4 heteroatoms. The van der Waals surface area contributed by atoms with Crippen molar-refractivity contribution >= 4 is 16.8 Å². The van der Waals surface area contributed by atoms with E-state index in [4.69, 9.17) is 0 Å². The second-order valence-corrected chi connectivity index (χ2v) is 6.86. The summed E-state index contributed by atoms with van der Waals surface area (Å²) in [5.74, 6) is -0.452. The van der Waals surface area contributed by atoms with Gasteiger partial charge in [0, 0.05) is 29.7 Å². The summed E-state index contributed by atoms with van der Waals surface area (Å²) in [5.41, 5.74) is 4.53. The molecule has 1 amide bonds. The van der Waals surface area contributed by atoms with Crippen LogP contribution >= 0.6 is 0 Å². The van der Waals surface area contributed by atoms with Gasteiger partial charge < -0.3 is 9.88 Å². The predicted molar refractivity (Wildman–Crippen MR) is 110 cm³/mol. The highest BCUT2D eigenvalue weighted by Crippen LogP contribution is 2.27. The molecule has 0 bridgehead atoms. The highest BCUT2D eigenvalue weighted by atomic mass is 19.1. The van der Waals surface area contributed by atoms with E-state index in [9.17, 15) is 9.18 Å². The molecule has 1 N–H and O–H groups in total. The highest BCUT2D eigenvalue weighted by Gasteiger charge is 2.19. The molecule has 3 aromatic carbocycles. The summed E-state index contributed by atoms with van der Waals surface area (Å²) in [6, 6.07) is 24.4. The number of amides is 1. The number of para-hydroxylation sites is 1. The van der Waals surface area contributed by atoms with E-state index in [1.807, 2.05) is 49.4 Å². The minimum Gasteiger partial charge on any atom is -0.348 e. The third-order valence-corrected chi connectivity index (χ3v) is 4.98. The summed E-state index contributed by atoms with van der Waals surface area (Å²) in [6.07, 6.45) is 0. The van der Waals surface area contributed by atoms with Crippen molar-refractivity contribution in [1.82, 2.24) is 9.88 Å². The number of halogens is 1. The lowest BCUT2D eigenvalue weighted by Crippen LogP contribution is -2.23. The molecule has 0 aliphatic heterocycles. The number of nitrogens with zero attached hydrogens (tertiary/aromatic N) is 1. The number of nitrogens with one attached hydrogen (secondary N) is 1. The van der Waals surface area contributed by atoms with E-state index in [1.54, 1.807) is 12.1 Å². The molecule has 0 spiro atoms. The van der Waals surface area contributed by atoms with E-state index in [1.165, 1.54) is 17.7 Å². The Hall–Kier alpha value is -3.40. The normalized spacial score (nSPS) is 10.9. The lowest BCUT2D eigenvalue weighted by atomic mass is 10.1. The largest absolute Gasteiger partial charge is 0.348 e. The van der Waals surface area contributed by atoms with Gasteiger partial charge in [0.25, 0.3) is 5.91 Å². The Morgan fingerprint density at radius 1 is 0.929 bits per heavy atom. The maximum atomic E-state index is 13.4. The Morgan fingerprint density at radius 2 is 1.64 bits per heavy atom. The fourth-order valence-electron chi connectivity index (χ4n) is 3.60. The van der Waals surface area contributed by atoms with E-state index < -0.39 is 0 Å². The molecule has 140 valence electrons. The topological polar surface area (TPSA) is 34.0 Å². The van der Waals surface area contributed by atoms with Gasteiger partial charge in [-0.1, -0.05) is 60.7 Å². The summed E-state index contributed by atoms with van der Waals surface area (Å²) < 4.78 is 15.5. The molecule has 1 heterocycles. The van der Waals surface area contributed by atoms with Gasteiger partial charge in [-0.25, -0.2) is 4.39 Å². The summed E-state index contributed by atoms with van der Waals surface area (Å²) >= 11 is 0. The Kier molecular flexibility index (Phi) is 4.94. The molecule has 0 aliphatic carbocycles. The Bertz CT molecular complexity index is 1130. The van der Waals surface area contributed by atoms with Gasteiger partial charge in [-0.05, 0) is 36.2 Å². The van der Waals surface area contributed by atoms with Crippen molar-refractivity contribution in [2.75, 3.05) is 0 Å². The molecule has 28 heavy (non-hydrogen) atoms. The molecule has 0 aliphatic rings. The number of benzene rings is 3. The Morgan fingerprint density at radius 3 is 2.43 bits per heavy atom. The maximum absolute atomic E-state index is 13.4. The molecule has 4 aromatic rings. The Balaban J connectivity index is 1.66. The first-order chi connectivity index (χ1) is 13.6. The zero-order chi connectivity index (χ0) is 19.5. The third-order valence-electron chi connectivity index (χ3n) is 4.98. The van der Waals surface area contributed by atoms with Crippen LogP contribution < -0.4 is 5.32 Å².